The first-order valence-electron chi connectivity index (χ1n) is 6.10. The SMILES string of the molecule is Cl.Cl.Nc1ncnc2c1ncn2C1COC2C(O)COC21. The summed E-state index contributed by atoms with van der Waals surface area (Å²) in [5.74, 6) is 0.353. The Morgan fingerprint density at radius 1 is 1.14 bits per heavy atom. The second-order valence-corrected chi connectivity index (χ2v) is 4.81. The Hall–Kier alpha value is -1.19. The number of ether oxygens (including phenoxy) is 2. The number of aliphatic hydroxyl groups excluding tert-OH is 1. The van der Waals surface area contributed by atoms with E-state index in [1.54, 1.807) is 6.33 Å². The summed E-state index contributed by atoms with van der Waals surface area (Å²) in [6.07, 6.45) is 2.06. The number of imidazole rings is 1. The van der Waals surface area contributed by atoms with E-state index in [9.17, 15) is 5.11 Å². The molecule has 8 nitrogen and oxygen atoms in total. The second-order valence-electron chi connectivity index (χ2n) is 4.81. The fraction of sp³-hybridized carbons (Fsp3) is 0.545. The standard InChI is InChI=1S/C11H13N5O3.2ClH/c12-10-7-11(14-3-13-10)16(4-15-7)5-1-18-9-6(17)2-19-8(5)9;;/h3-6,8-9,17H,1-2H2,(H2,12,13,14);2*1H. The molecule has 4 atom stereocenters. The van der Waals surface area contributed by atoms with Gasteiger partial charge in [-0.2, -0.15) is 0 Å². The van der Waals surface area contributed by atoms with E-state index in [4.69, 9.17) is 15.2 Å². The molecule has 21 heavy (non-hydrogen) atoms. The van der Waals surface area contributed by atoms with E-state index in [2.05, 4.69) is 15.0 Å². The summed E-state index contributed by atoms with van der Waals surface area (Å²) in [7, 11) is 0. The largest absolute Gasteiger partial charge is 0.388 e. The number of anilines is 1. The lowest BCUT2D eigenvalue weighted by Crippen LogP contribution is -2.30. The van der Waals surface area contributed by atoms with E-state index in [1.165, 1.54) is 6.33 Å². The van der Waals surface area contributed by atoms with Gasteiger partial charge in [0.1, 0.15) is 30.2 Å². The van der Waals surface area contributed by atoms with Crippen molar-refractivity contribution in [3.05, 3.63) is 12.7 Å². The maximum Gasteiger partial charge on any atom is 0.165 e. The van der Waals surface area contributed by atoms with E-state index in [1.807, 2.05) is 4.57 Å². The zero-order valence-corrected chi connectivity index (χ0v) is 12.5. The molecule has 10 heteroatoms. The first-order valence-corrected chi connectivity index (χ1v) is 6.10. The zero-order chi connectivity index (χ0) is 13.0. The van der Waals surface area contributed by atoms with Crippen molar-refractivity contribution >= 4 is 41.8 Å². The number of halogens is 2. The molecule has 2 fully saturated rings. The molecule has 0 amide bonds. The molecule has 0 saturated carbocycles. The van der Waals surface area contributed by atoms with E-state index in [0.717, 1.165) is 0 Å². The van der Waals surface area contributed by atoms with Crippen LogP contribution in [0.25, 0.3) is 11.2 Å². The molecule has 0 spiro atoms. The van der Waals surface area contributed by atoms with E-state index in [-0.39, 0.29) is 43.1 Å². The first-order chi connectivity index (χ1) is 9.25. The first kappa shape index (κ1) is 16.2. The Morgan fingerprint density at radius 3 is 2.71 bits per heavy atom. The van der Waals surface area contributed by atoms with Crippen LogP contribution in [0, 0.1) is 0 Å². The Bertz CT molecular complexity index is 639. The number of aliphatic hydroxyl groups is 1. The van der Waals surface area contributed by atoms with Crippen LogP contribution in [-0.4, -0.2) is 56.2 Å². The highest BCUT2D eigenvalue weighted by molar-refractivity contribution is 5.85. The molecule has 4 rings (SSSR count). The van der Waals surface area contributed by atoms with Gasteiger partial charge in [0.05, 0.1) is 25.6 Å². The van der Waals surface area contributed by atoms with Crippen molar-refractivity contribution in [3.63, 3.8) is 0 Å². The van der Waals surface area contributed by atoms with Crippen molar-refractivity contribution in [1.82, 2.24) is 19.5 Å². The van der Waals surface area contributed by atoms with Crippen LogP contribution in [0.1, 0.15) is 6.04 Å². The van der Waals surface area contributed by atoms with Crippen LogP contribution in [-0.2, 0) is 9.47 Å². The van der Waals surface area contributed by atoms with Crippen LogP contribution < -0.4 is 5.73 Å². The van der Waals surface area contributed by atoms with E-state index < -0.39 is 6.10 Å². The van der Waals surface area contributed by atoms with Gasteiger partial charge in [0, 0.05) is 0 Å². The molecule has 0 bridgehead atoms. The maximum atomic E-state index is 9.75. The summed E-state index contributed by atoms with van der Waals surface area (Å²) in [6, 6.07) is -0.0542. The highest BCUT2D eigenvalue weighted by Gasteiger charge is 2.48. The average Bonchev–Trinajstić information content (AvgIpc) is 3.06. The molecule has 2 aliphatic rings. The Morgan fingerprint density at radius 2 is 1.90 bits per heavy atom. The molecule has 4 unspecified atom stereocenters. The number of fused-ring (bicyclic) bond motifs is 2. The summed E-state index contributed by atoms with van der Waals surface area (Å²) < 4.78 is 13.1. The number of nitrogen functional groups attached to an aromatic ring is 1. The lowest BCUT2D eigenvalue weighted by atomic mass is 10.1. The molecule has 0 aliphatic carbocycles. The summed E-state index contributed by atoms with van der Waals surface area (Å²) in [5, 5.41) is 9.75. The van der Waals surface area contributed by atoms with Gasteiger partial charge in [-0.05, 0) is 0 Å². The molecule has 2 aromatic heterocycles. The predicted octanol–water partition coefficient (Wildman–Crippen LogP) is -0.0483. The van der Waals surface area contributed by atoms with Crippen LogP contribution in [0.5, 0.6) is 0 Å². The molecular weight excluding hydrogens is 321 g/mol. The predicted molar refractivity (Wildman–Crippen MR) is 78.8 cm³/mol. The van der Waals surface area contributed by atoms with Crippen molar-refractivity contribution in [2.75, 3.05) is 18.9 Å². The third-order valence-electron chi connectivity index (χ3n) is 3.75. The van der Waals surface area contributed by atoms with Gasteiger partial charge < -0.3 is 24.9 Å². The molecule has 0 aromatic carbocycles. The quantitative estimate of drug-likeness (QED) is 0.752. The topological polar surface area (TPSA) is 108 Å². The lowest BCUT2D eigenvalue weighted by Gasteiger charge is -2.17. The van der Waals surface area contributed by atoms with Crippen LogP contribution in [0.2, 0.25) is 0 Å². The highest BCUT2D eigenvalue weighted by atomic mass is 35.5. The van der Waals surface area contributed by atoms with Crippen LogP contribution in [0.15, 0.2) is 12.7 Å². The fourth-order valence-electron chi connectivity index (χ4n) is 2.81. The minimum atomic E-state index is -0.565. The molecule has 3 N–H and O–H groups in total. The van der Waals surface area contributed by atoms with Crippen LogP contribution in [0.3, 0.4) is 0 Å². The summed E-state index contributed by atoms with van der Waals surface area (Å²) in [4.78, 5) is 12.4. The molecule has 2 aliphatic heterocycles. The summed E-state index contributed by atoms with van der Waals surface area (Å²) in [5.41, 5.74) is 7.00. The van der Waals surface area contributed by atoms with Crippen LogP contribution >= 0.6 is 24.8 Å². The summed E-state index contributed by atoms with van der Waals surface area (Å²) >= 11 is 0. The van der Waals surface area contributed by atoms with E-state index in [0.29, 0.717) is 30.2 Å². The van der Waals surface area contributed by atoms with Crippen LogP contribution in [0.4, 0.5) is 5.82 Å². The van der Waals surface area contributed by atoms with Crippen molar-refractivity contribution < 1.29 is 14.6 Å². The third kappa shape index (κ3) is 2.33. The number of hydrogen-bond donors (Lipinski definition) is 2. The number of rotatable bonds is 1. The minimum absolute atomic E-state index is 0. The second kappa shape index (κ2) is 5.90. The van der Waals surface area contributed by atoms with Gasteiger partial charge in [0.2, 0.25) is 0 Å². The summed E-state index contributed by atoms with van der Waals surface area (Å²) in [6.45, 7) is 0.761. The lowest BCUT2D eigenvalue weighted by molar-refractivity contribution is 0.0173. The molecule has 4 heterocycles. The van der Waals surface area contributed by atoms with Crippen molar-refractivity contribution in [2.45, 2.75) is 24.4 Å². The average molecular weight is 336 g/mol. The molecule has 116 valence electrons. The fourth-order valence-corrected chi connectivity index (χ4v) is 2.81. The van der Waals surface area contributed by atoms with Gasteiger partial charge >= 0.3 is 0 Å². The van der Waals surface area contributed by atoms with Gasteiger partial charge in [-0.3, -0.25) is 0 Å². The van der Waals surface area contributed by atoms with Gasteiger partial charge in [-0.15, -0.1) is 24.8 Å². The van der Waals surface area contributed by atoms with Crippen molar-refractivity contribution in [1.29, 1.82) is 0 Å². The smallest absolute Gasteiger partial charge is 0.165 e. The Kier molecular flexibility index (Phi) is 4.54. The molecule has 0 radical (unpaired) electrons. The number of hydrogen-bond acceptors (Lipinski definition) is 7. The van der Waals surface area contributed by atoms with Gasteiger partial charge in [-0.25, -0.2) is 15.0 Å². The van der Waals surface area contributed by atoms with Gasteiger partial charge in [0.25, 0.3) is 0 Å². The number of aromatic nitrogens is 4. The van der Waals surface area contributed by atoms with Gasteiger partial charge in [-0.1, -0.05) is 0 Å². The minimum Gasteiger partial charge on any atom is -0.388 e. The van der Waals surface area contributed by atoms with Crippen molar-refractivity contribution in [3.8, 4) is 0 Å². The Labute approximate surface area is 132 Å². The number of nitrogens with zero attached hydrogens (tertiary/aromatic N) is 4. The number of nitrogens with two attached hydrogens (primary N) is 1. The maximum absolute atomic E-state index is 9.75. The third-order valence-corrected chi connectivity index (χ3v) is 3.75. The zero-order valence-electron chi connectivity index (χ0n) is 10.8. The van der Waals surface area contributed by atoms with E-state index >= 15 is 0 Å². The monoisotopic (exact) mass is 335 g/mol. The Balaban J connectivity index is 0.000000807. The van der Waals surface area contributed by atoms with Gasteiger partial charge in [0.15, 0.2) is 11.5 Å². The molecule has 2 aromatic rings. The van der Waals surface area contributed by atoms with Crippen molar-refractivity contribution in [2.24, 2.45) is 0 Å². The normalized spacial score (nSPS) is 30.7. The highest BCUT2D eigenvalue weighted by Crippen LogP contribution is 2.35. The molecular formula is C11H15Cl2N5O3. The molecule has 2 saturated heterocycles.